The molecule has 3 heterocycles. The number of ketones is 1. The highest BCUT2D eigenvalue weighted by Crippen LogP contribution is 2.30. The van der Waals surface area contributed by atoms with Crippen LogP contribution in [0.25, 0.3) is 0 Å². The molecule has 0 saturated carbocycles. The summed E-state index contributed by atoms with van der Waals surface area (Å²) in [7, 11) is 1.72. The fourth-order valence-electron chi connectivity index (χ4n) is 4.72. The number of hydrogen-bond acceptors (Lipinski definition) is 5. The SMILES string of the molecule is C=CC1CCCN(c2[nH]ncc2CC(CC)C(=O)C(C=NC)=C2N=CC=CCC2CC)C1. The monoisotopic (exact) mass is 435 g/mol. The molecule has 1 aromatic rings. The lowest BCUT2D eigenvalue weighted by molar-refractivity contribution is -0.118. The summed E-state index contributed by atoms with van der Waals surface area (Å²) >= 11 is 0. The first-order chi connectivity index (χ1) is 15.6. The minimum absolute atomic E-state index is 0.125. The number of aromatic nitrogens is 2. The summed E-state index contributed by atoms with van der Waals surface area (Å²) in [6.45, 7) is 10.2. The molecule has 6 heteroatoms. The Balaban J connectivity index is 1.87. The summed E-state index contributed by atoms with van der Waals surface area (Å²) in [4.78, 5) is 25.0. The molecule has 1 saturated heterocycles. The van der Waals surface area contributed by atoms with Crippen molar-refractivity contribution in [2.24, 2.45) is 27.7 Å². The van der Waals surface area contributed by atoms with Crippen LogP contribution in [0.5, 0.6) is 0 Å². The molecule has 0 bridgehead atoms. The maximum absolute atomic E-state index is 13.7. The first kappa shape index (κ1) is 23.9. The Morgan fingerprint density at radius 1 is 1.44 bits per heavy atom. The van der Waals surface area contributed by atoms with Gasteiger partial charge in [-0.15, -0.1) is 6.58 Å². The van der Waals surface area contributed by atoms with Gasteiger partial charge in [0, 0.05) is 50.0 Å². The van der Waals surface area contributed by atoms with Crippen molar-refractivity contribution >= 4 is 24.0 Å². The van der Waals surface area contributed by atoms with E-state index in [9.17, 15) is 4.79 Å². The van der Waals surface area contributed by atoms with Gasteiger partial charge in [0.25, 0.3) is 0 Å². The van der Waals surface area contributed by atoms with Crippen LogP contribution < -0.4 is 4.90 Å². The molecule has 1 fully saturated rings. The summed E-state index contributed by atoms with van der Waals surface area (Å²) < 4.78 is 0. The fourth-order valence-corrected chi connectivity index (χ4v) is 4.72. The molecule has 2 aliphatic heterocycles. The molecule has 3 rings (SSSR count). The van der Waals surface area contributed by atoms with Crippen LogP contribution in [-0.2, 0) is 11.2 Å². The topological polar surface area (TPSA) is 73.7 Å². The van der Waals surface area contributed by atoms with Crippen LogP contribution in [0.2, 0.25) is 0 Å². The normalized spacial score (nSPS) is 23.9. The number of aromatic amines is 1. The third kappa shape index (κ3) is 5.53. The molecule has 3 unspecified atom stereocenters. The lowest BCUT2D eigenvalue weighted by Gasteiger charge is -2.32. The number of nitrogens with one attached hydrogen (secondary N) is 1. The molecular weight excluding hydrogens is 398 g/mol. The summed E-state index contributed by atoms with van der Waals surface area (Å²) in [5.41, 5.74) is 2.62. The van der Waals surface area contributed by atoms with Gasteiger partial charge in [0.05, 0.1) is 17.5 Å². The molecule has 2 aliphatic rings. The zero-order valence-corrected chi connectivity index (χ0v) is 19.8. The third-order valence-corrected chi connectivity index (χ3v) is 6.67. The Morgan fingerprint density at radius 2 is 2.28 bits per heavy atom. The van der Waals surface area contributed by atoms with Crippen LogP contribution >= 0.6 is 0 Å². The van der Waals surface area contributed by atoms with Gasteiger partial charge in [-0.3, -0.25) is 19.9 Å². The maximum atomic E-state index is 13.7. The molecule has 1 N–H and O–H groups in total. The van der Waals surface area contributed by atoms with E-state index < -0.39 is 0 Å². The van der Waals surface area contributed by atoms with Gasteiger partial charge in [-0.05, 0) is 50.5 Å². The number of carbonyl (C=O) groups excluding carboxylic acids is 1. The Bertz CT molecular complexity index is 907. The lowest BCUT2D eigenvalue weighted by Crippen LogP contribution is -2.35. The molecule has 0 aliphatic carbocycles. The van der Waals surface area contributed by atoms with Crippen molar-refractivity contribution in [1.82, 2.24) is 10.2 Å². The van der Waals surface area contributed by atoms with Crippen molar-refractivity contribution in [3.8, 4) is 0 Å². The number of piperidine rings is 1. The molecule has 172 valence electrons. The second-order valence-electron chi connectivity index (χ2n) is 8.73. The summed E-state index contributed by atoms with van der Waals surface area (Å²) in [5.74, 6) is 1.75. The summed E-state index contributed by atoms with van der Waals surface area (Å²) in [5, 5.41) is 7.52. The predicted molar refractivity (Wildman–Crippen MR) is 134 cm³/mol. The molecule has 1 aromatic heterocycles. The van der Waals surface area contributed by atoms with Crippen molar-refractivity contribution in [1.29, 1.82) is 0 Å². The van der Waals surface area contributed by atoms with Gasteiger partial charge in [-0.25, -0.2) is 0 Å². The van der Waals surface area contributed by atoms with Gasteiger partial charge in [0.1, 0.15) is 5.82 Å². The van der Waals surface area contributed by atoms with E-state index in [2.05, 4.69) is 57.7 Å². The van der Waals surface area contributed by atoms with Gasteiger partial charge in [0.15, 0.2) is 5.78 Å². The number of allylic oxidation sites excluding steroid dienone is 4. The Morgan fingerprint density at radius 3 is 3.00 bits per heavy atom. The molecule has 0 amide bonds. The van der Waals surface area contributed by atoms with Crippen molar-refractivity contribution < 1.29 is 4.79 Å². The van der Waals surface area contributed by atoms with Crippen LogP contribution in [0.4, 0.5) is 5.82 Å². The van der Waals surface area contributed by atoms with Crippen LogP contribution in [0.3, 0.4) is 0 Å². The van der Waals surface area contributed by atoms with E-state index in [4.69, 9.17) is 0 Å². The first-order valence-electron chi connectivity index (χ1n) is 11.9. The Labute approximate surface area is 192 Å². The first-order valence-corrected chi connectivity index (χ1v) is 11.9. The fraction of sp³-hybridized carbons (Fsp3) is 0.538. The molecular formula is C26H37N5O. The van der Waals surface area contributed by atoms with Crippen molar-refractivity contribution in [2.75, 3.05) is 25.0 Å². The summed E-state index contributed by atoms with van der Waals surface area (Å²) in [6, 6.07) is 0. The molecule has 0 aromatic carbocycles. The van der Waals surface area contributed by atoms with Crippen LogP contribution in [0, 0.1) is 17.8 Å². The molecule has 3 atom stereocenters. The predicted octanol–water partition coefficient (Wildman–Crippen LogP) is 4.96. The lowest BCUT2D eigenvalue weighted by atomic mass is 9.86. The van der Waals surface area contributed by atoms with E-state index in [0.717, 1.165) is 55.9 Å². The van der Waals surface area contributed by atoms with Gasteiger partial charge in [-0.2, -0.15) is 5.10 Å². The number of hydrogen-bond donors (Lipinski definition) is 1. The molecule has 0 radical (unpaired) electrons. The van der Waals surface area contributed by atoms with Crippen LogP contribution in [0.1, 0.15) is 51.5 Å². The smallest absolute Gasteiger partial charge is 0.169 e. The van der Waals surface area contributed by atoms with E-state index in [1.54, 1.807) is 19.5 Å². The summed E-state index contributed by atoms with van der Waals surface area (Å²) in [6.07, 6.45) is 17.1. The Kier molecular flexibility index (Phi) is 8.77. The second-order valence-corrected chi connectivity index (χ2v) is 8.73. The highest BCUT2D eigenvalue weighted by atomic mass is 16.1. The van der Waals surface area contributed by atoms with E-state index >= 15 is 0 Å². The highest BCUT2D eigenvalue weighted by molar-refractivity contribution is 6.15. The zero-order valence-electron chi connectivity index (χ0n) is 19.8. The average molecular weight is 436 g/mol. The number of H-pyrrole nitrogens is 1. The highest BCUT2D eigenvalue weighted by Gasteiger charge is 2.28. The van der Waals surface area contributed by atoms with Gasteiger partial charge < -0.3 is 4.90 Å². The minimum atomic E-state index is -0.143. The number of Topliss-reactive ketones (excluding diaryl/α,β-unsaturated/α-hetero) is 1. The number of carbonyl (C=O) groups is 1. The maximum Gasteiger partial charge on any atom is 0.169 e. The standard InChI is InChI=1S/C26H37N5O/c1-5-19-11-10-14-31(18-19)26-22(16-29-30-26)15-21(7-3)25(32)23(17-27-4)24-20(6-2)12-8-9-13-28-24/h5,8-9,13,16-17,19-21H,1,6-7,10-12,14-15,18H2,2-4H3,(H,29,30). The Hall–Kier alpha value is -2.76. The van der Waals surface area contributed by atoms with Crippen molar-refractivity contribution in [3.05, 3.63) is 47.8 Å². The van der Waals surface area contributed by atoms with Gasteiger partial charge in [0.2, 0.25) is 0 Å². The number of nitrogens with zero attached hydrogens (tertiary/aromatic N) is 4. The minimum Gasteiger partial charge on any atom is -0.356 e. The van der Waals surface area contributed by atoms with Gasteiger partial charge in [-0.1, -0.05) is 26.0 Å². The van der Waals surface area contributed by atoms with E-state index in [-0.39, 0.29) is 17.6 Å². The van der Waals surface area contributed by atoms with E-state index in [1.807, 2.05) is 12.3 Å². The van der Waals surface area contributed by atoms with Crippen LogP contribution in [0.15, 0.2) is 52.3 Å². The van der Waals surface area contributed by atoms with Gasteiger partial charge >= 0.3 is 0 Å². The second kappa shape index (κ2) is 11.7. The van der Waals surface area contributed by atoms with Crippen LogP contribution in [-0.4, -0.2) is 48.5 Å². The average Bonchev–Trinajstić information content (AvgIpc) is 3.16. The molecule has 0 spiro atoms. The van der Waals surface area contributed by atoms with E-state index in [0.29, 0.717) is 17.9 Å². The largest absolute Gasteiger partial charge is 0.356 e. The third-order valence-electron chi connectivity index (χ3n) is 6.67. The van der Waals surface area contributed by atoms with Crippen molar-refractivity contribution in [3.63, 3.8) is 0 Å². The quantitative estimate of drug-likeness (QED) is 0.338. The van der Waals surface area contributed by atoms with E-state index in [1.165, 1.54) is 6.42 Å². The molecule has 32 heavy (non-hydrogen) atoms. The number of rotatable bonds is 9. The zero-order chi connectivity index (χ0) is 22.9. The molecule has 6 nitrogen and oxygen atoms in total. The number of anilines is 1. The number of aliphatic imine (C=N–C) groups is 2. The van der Waals surface area contributed by atoms with Crippen molar-refractivity contribution in [2.45, 2.75) is 52.4 Å².